The summed E-state index contributed by atoms with van der Waals surface area (Å²) in [6.07, 6.45) is -3.03. The number of nitrogens with zero attached hydrogens (tertiary/aromatic N) is 2. The van der Waals surface area contributed by atoms with E-state index in [1.807, 2.05) is 0 Å². The Balaban J connectivity index is 2.19. The predicted octanol–water partition coefficient (Wildman–Crippen LogP) is 2.74. The van der Waals surface area contributed by atoms with Gasteiger partial charge < -0.3 is 15.2 Å². The lowest BCUT2D eigenvalue weighted by atomic mass is 10.2. The standard InChI is InChI=1S/C11H11F3N4O/c1-15-9-4-7(11(12,13)14)5-10(17-9)16-6-8-2-3-19-18-8/h2-5H,6H2,1H3,(H2,15,16,17). The van der Waals surface area contributed by atoms with Gasteiger partial charge in [-0.1, -0.05) is 5.16 Å². The molecule has 102 valence electrons. The summed E-state index contributed by atoms with van der Waals surface area (Å²) in [6, 6.07) is 3.50. The first-order valence-electron chi connectivity index (χ1n) is 5.39. The number of rotatable bonds is 4. The van der Waals surface area contributed by atoms with Gasteiger partial charge in [-0.2, -0.15) is 13.2 Å². The minimum atomic E-state index is -4.42. The fourth-order valence-electron chi connectivity index (χ4n) is 1.42. The van der Waals surface area contributed by atoms with E-state index in [4.69, 9.17) is 0 Å². The van der Waals surface area contributed by atoms with Crippen LogP contribution in [0.1, 0.15) is 11.3 Å². The molecule has 2 aromatic heterocycles. The average Bonchev–Trinajstić information content (AvgIpc) is 2.88. The van der Waals surface area contributed by atoms with Crippen molar-refractivity contribution in [2.45, 2.75) is 12.7 Å². The van der Waals surface area contributed by atoms with Gasteiger partial charge in [0.1, 0.15) is 23.6 Å². The number of hydrogen-bond donors (Lipinski definition) is 2. The molecule has 0 saturated carbocycles. The zero-order valence-electron chi connectivity index (χ0n) is 9.95. The van der Waals surface area contributed by atoms with Crippen molar-refractivity contribution in [1.29, 1.82) is 0 Å². The molecule has 0 aliphatic heterocycles. The first-order chi connectivity index (χ1) is 8.99. The molecule has 0 aliphatic rings. The summed E-state index contributed by atoms with van der Waals surface area (Å²) in [5, 5.41) is 8.99. The molecule has 2 heterocycles. The van der Waals surface area contributed by atoms with Gasteiger partial charge in [-0.15, -0.1) is 0 Å². The first-order valence-corrected chi connectivity index (χ1v) is 5.39. The van der Waals surface area contributed by atoms with E-state index in [9.17, 15) is 13.2 Å². The van der Waals surface area contributed by atoms with Crippen molar-refractivity contribution < 1.29 is 17.7 Å². The topological polar surface area (TPSA) is 63.0 Å². The fourth-order valence-corrected chi connectivity index (χ4v) is 1.42. The van der Waals surface area contributed by atoms with Crippen molar-refractivity contribution in [2.24, 2.45) is 0 Å². The Hall–Kier alpha value is -2.25. The van der Waals surface area contributed by atoms with Gasteiger partial charge >= 0.3 is 6.18 Å². The van der Waals surface area contributed by atoms with E-state index >= 15 is 0 Å². The molecule has 0 amide bonds. The Labute approximate surface area is 106 Å². The Bertz CT molecular complexity index is 539. The van der Waals surface area contributed by atoms with Crippen LogP contribution in [0.4, 0.5) is 24.8 Å². The Morgan fingerprint density at radius 3 is 2.58 bits per heavy atom. The van der Waals surface area contributed by atoms with Crippen LogP contribution in [-0.4, -0.2) is 17.2 Å². The summed E-state index contributed by atoms with van der Waals surface area (Å²) in [5.41, 5.74) is -0.195. The van der Waals surface area contributed by atoms with E-state index in [0.29, 0.717) is 5.69 Å². The average molecular weight is 272 g/mol. The third-order valence-electron chi connectivity index (χ3n) is 2.35. The number of halogens is 3. The van der Waals surface area contributed by atoms with Crippen molar-refractivity contribution in [3.05, 3.63) is 35.7 Å². The molecule has 5 nitrogen and oxygen atoms in total. The van der Waals surface area contributed by atoms with E-state index in [0.717, 1.165) is 12.1 Å². The third kappa shape index (κ3) is 3.36. The Morgan fingerprint density at radius 1 is 1.26 bits per heavy atom. The second kappa shape index (κ2) is 5.17. The van der Waals surface area contributed by atoms with Crippen molar-refractivity contribution >= 4 is 11.6 Å². The molecule has 0 spiro atoms. The second-order valence-corrected chi connectivity index (χ2v) is 3.72. The highest BCUT2D eigenvalue weighted by atomic mass is 19.4. The maximum atomic E-state index is 12.7. The van der Waals surface area contributed by atoms with Gasteiger partial charge in [-0.05, 0) is 12.1 Å². The van der Waals surface area contributed by atoms with Crippen LogP contribution in [0, 0.1) is 0 Å². The third-order valence-corrected chi connectivity index (χ3v) is 2.35. The highest BCUT2D eigenvalue weighted by Crippen LogP contribution is 2.32. The highest BCUT2D eigenvalue weighted by molar-refractivity contribution is 5.49. The number of aromatic nitrogens is 2. The minimum Gasteiger partial charge on any atom is -0.373 e. The molecule has 0 bridgehead atoms. The quantitative estimate of drug-likeness (QED) is 0.896. The summed E-state index contributed by atoms with van der Waals surface area (Å²) in [6.45, 7) is 0.230. The zero-order valence-corrected chi connectivity index (χ0v) is 9.95. The number of pyridine rings is 1. The second-order valence-electron chi connectivity index (χ2n) is 3.72. The molecular formula is C11H11F3N4O. The molecule has 19 heavy (non-hydrogen) atoms. The van der Waals surface area contributed by atoms with Crippen molar-refractivity contribution in [3.8, 4) is 0 Å². The molecule has 0 atom stereocenters. The lowest BCUT2D eigenvalue weighted by Crippen LogP contribution is -2.10. The van der Waals surface area contributed by atoms with E-state index in [1.165, 1.54) is 13.3 Å². The summed E-state index contributed by atoms with van der Waals surface area (Å²) < 4.78 is 42.7. The van der Waals surface area contributed by atoms with Crippen molar-refractivity contribution in [3.63, 3.8) is 0 Å². The normalized spacial score (nSPS) is 11.4. The van der Waals surface area contributed by atoms with Crippen LogP contribution >= 0.6 is 0 Å². The maximum absolute atomic E-state index is 12.7. The molecule has 8 heteroatoms. The van der Waals surface area contributed by atoms with Crippen LogP contribution in [0.3, 0.4) is 0 Å². The molecule has 2 aromatic rings. The maximum Gasteiger partial charge on any atom is 0.416 e. The number of anilines is 2. The van der Waals surface area contributed by atoms with E-state index < -0.39 is 11.7 Å². The molecule has 0 radical (unpaired) electrons. The SMILES string of the molecule is CNc1cc(C(F)(F)F)cc(NCc2ccon2)n1. The summed E-state index contributed by atoms with van der Waals surface area (Å²) in [5.74, 6) is 0.250. The molecular weight excluding hydrogens is 261 g/mol. The first kappa shape index (κ1) is 13.2. The number of nitrogens with one attached hydrogen (secondary N) is 2. The van der Waals surface area contributed by atoms with Crippen molar-refractivity contribution in [1.82, 2.24) is 10.1 Å². The molecule has 2 N–H and O–H groups in total. The number of hydrogen-bond acceptors (Lipinski definition) is 5. The van der Waals surface area contributed by atoms with Gasteiger partial charge in [0, 0.05) is 13.1 Å². The molecule has 0 unspecified atom stereocenters. The van der Waals surface area contributed by atoms with Crippen LogP contribution in [0.2, 0.25) is 0 Å². The molecule has 0 saturated heterocycles. The molecule has 0 aromatic carbocycles. The fraction of sp³-hybridized carbons (Fsp3) is 0.273. The molecule has 0 aliphatic carbocycles. The van der Waals surface area contributed by atoms with E-state index in [2.05, 4.69) is 25.3 Å². The van der Waals surface area contributed by atoms with E-state index in [-0.39, 0.29) is 18.2 Å². The highest BCUT2D eigenvalue weighted by Gasteiger charge is 2.31. The van der Waals surface area contributed by atoms with Crippen LogP contribution in [0.15, 0.2) is 29.0 Å². The summed E-state index contributed by atoms with van der Waals surface area (Å²) >= 11 is 0. The van der Waals surface area contributed by atoms with Gasteiger partial charge in [0.2, 0.25) is 0 Å². The van der Waals surface area contributed by atoms with Gasteiger partial charge in [0.15, 0.2) is 0 Å². The lowest BCUT2D eigenvalue weighted by molar-refractivity contribution is -0.137. The van der Waals surface area contributed by atoms with Crippen molar-refractivity contribution in [2.75, 3.05) is 17.7 Å². The van der Waals surface area contributed by atoms with Gasteiger partial charge in [-0.3, -0.25) is 0 Å². The van der Waals surface area contributed by atoms with Gasteiger partial charge in [-0.25, -0.2) is 4.98 Å². The van der Waals surface area contributed by atoms with Crippen LogP contribution < -0.4 is 10.6 Å². The minimum absolute atomic E-state index is 0.113. The van der Waals surface area contributed by atoms with Crippen LogP contribution in [0.25, 0.3) is 0 Å². The Morgan fingerprint density at radius 2 is 2.00 bits per heavy atom. The predicted molar refractivity (Wildman–Crippen MR) is 62.6 cm³/mol. The Kier molecular flexibility index (Phi) is 3.59. The summed E-state index contributed by atoms with van der Waals surface area (Å²) in [4.78, 5) is 3.98. The number of alkyl halides is 3. The van der Waals surface area contributed by atoms with E-state index in [1.54, 1.807) is 6.07 Å². The molecule has 0 fully saturated rings. The van der Waals surface area contributed by atoms with Crippen LogP contribution in [0.5, 0.6) is 0 Å². The van der Waals surface area contributed by atoms with Gasteiger partial charge in [0.25, 0.3) is 0 Å². The lowest BCUT2D eigenvalue weighted by Gasteiger charge is -2.11. The largest absolute Gasteiger partial charge is 0.416 e. The summed E-state index contributed by atoms with van der Waals surface area (Å²) in [7, 11) is 1.50. The molecule has 2 rings (SSSR count). The smallest absolute Gasteiger partial charge is 0.373 e. The monoisotopic (exact) mass is 272 g/mol. The van der Waals surface area contributed by atoms with Gasteiger partial charge in [0.05, 0.1) is 12.1 Å². The van der Waals surface area contributed by atoms with Crippen LogP contribution in [-0.2, 0) is 12.7 Å². The zero-order chi connectivity index (χ0) is 13.9.